The van der Waals surface area contributed by atoms with Crippen LogP contribution < -0.4 is 20.1 Å². The largest absolute Gasteiger partial charge is 0.493 e. The summed E-state index contributed by atoms with van der Waals surface area (Å²) in [6.45, 7) is 4.40. The second kappa shape index (κ2) is 10.2. The standard InChI is InChI=1S/C21H26Cl2N2O2/c1-26-20-4-2-3-17(13-25-12-15-7-9-24-10-8-15)21(20)27-14-16-5-6-18(22)19(23)11-16/h2-6,11,15,24-25H,7-10,12-14H2,1H3. The van der Waals surface area contributed by atoms with E-state index in [0.29, 0.717) is 16.7 Å². The maximum Gasteiger partial charge on any atom is 0.166 e. The van der Waals surface area contributed by atoms with Crippen LogP contribution in [0.2, 0.25) is 10.0 Å². The molecule has 0 unspecified atom stereocenters. The minimum absolute atomic E-state index is 0.401. The summed E-state index contributed by atoms with van der Waals surface area (Å²) in [5.41, 5.74) is 2.05. The number of para-hydroxylation sites is 1. The lowest BCUT2D eigenvalue weighted by Gasteiger charge is -2.23. The third-order valence-corrected chi connectivity index (χ3v) is 5.59. The second-order valence-corrected chi connectivity index (χ2v) is 7.62. The minimum Gasteiger partial charge on any atom is -0.493 e. The van der Waals surface area contributed by atoms with Crippen LogP contribution in [0, 0.1) is 5.92 Å². The zero-order valence-electron chi connectivity index (χ0n) is 15.6. The predicted octanol–water partition coefficient (Wildman–Crippen LogP) is 4.67. The number of halogens is 2. The molecule has 6 heteroatoms. The number of nitrogens with one attached hydrogen (secondary N) is 2. The molecule has 3 rings (SSSR count). The van der Waals surface area contributed by atoms with E-state index in [9.17, 15) is 0 Å². The van der Waals surface area contributed by atoms with E-state index in [4.69, 9.17) is 32.7 Å². The summed E-state index contributed by atoms with van der Waals surface area (Å²) in [6, 6.07) is 11.5. The molecule has 0 saturated carbocycles. The number of rotatable bonds is 8. The lowest BCUT2D eigenvalue weighted by Crippen LogP contribution is -2.33. The fraction of sp³-hybridized carbons (Fsp3) is 0.429. The average molecular weight is 409 g/mol. The number of hydrogen-bond acceptors (Lipinski definition) is 4. The quantitative estimate of drug-likeness (QED) is 0.665. The molecule has 27 heavy (non-hydrogen) atoms. The van der Waals surface area contributed by atoms with Gasteiger partial charge in [-0.2, -0.15) is 0 Å². The molecule has 2 aromatic carbocycles. The summed E-state index contributed by atoms with van der Waals surface area (Å²) in [7, 11) is 1.66. The zero-order chi connectivity index (χ0) is 19.1. The fourth-order valence-corrected chi connectivity index (χ4v) is 3.63. The second-order valence-electron chi connectivity index (χ2n) is 6.81. The maximum atomic E-state index is 6.11. The molecule has 1 aliphatic rings. The van der Waals surface area contributed by atoms with Gasteiger partial charge in [0.1, 0.15) is 6.61 Å². The van der Waals surface area contributed by atoms with Gasteiger partial charge in [-0.3, -0.25) is 0 Å². The van der Waals surface area contributed by atoms with Crippen LogP contribution in [0.5, 0.6) is 11.5 Å². The van der Waals surface area contributed by atoms with E-state index in [1.807, 2.05) is 24.3 Å². The molecule has 0 amide bonds. The molecule has 1 fully saturated rings. The molecule has 0 aliphatic carbocycles. The summed E-state index contributed by atoms with van der Waals surface area (Å²) in [5, 5.41) is 8.05. The highest BCUT2D eigenvalue weighted by molar-refractivity contribution is 6.42. The predicted molar refractivity (Wildman–Crippen MR) is 111 cm³/mol. The topological polar surface area (TPSA) is 42.5 Å². The van der Waals surface area contributed by atoms with Crippen LogP contribution in [0.25, 0.3) is 0 Å². The Labute approximate surface area is 171 Å². The van der Waals surface area contributed by atoms with Crippen molar-refractivity contribution in [3.05, 3.63) is 57.6 Å². The summed E-state index contributed by atoms with van der Waals surface area (Å²) in [5.74, 6) is 2.23. The van der Waals surface area contributed by atoms with E-state index in [1.165, 1.54) is 12.8 Å². The van der Waals surface area contributed by atoms with E-state index >= 15 is 0 Å². The van der Waals surface area contributed by atoms with Crippen molar-refractivity contribution < 1.29 is 9.47 Å². The van der Waals surface area contributed by atoms with Gasteiger partial charge in [0, 0.05) is 12.1 Å². The molecule has 0 spiro atoms. The van der Waals surface area contributed by atoms with Gasteiger partial charge >= 0.3 is 0 Å². The SMILES string of the molecule is COc1cccc(CNCC2CCNCC2)c1OCc1ccc(Cl)c(Cl)c1. The van der Waals surface area contributed by atoms with Gasteiger partial charge < -0.3 is 20.1 Å². The maximum absolute atomic E-state index is 6.11. The third-order valence-electron chi connectivity index (χ3n) is 4.85. The molecule has 2 N–H and O–H groups in total. The summed E-state index contributed by atoms with van der Waals surface area (Å²) < 4.78 is 11.6. The lowest BCUT2D eigenvalue weighted by molar-refractivity contribution is 0.280. The Morgan fingerprint density at radius 2 is 1.93 bits per heavy atom. The van der Waals surface area contributed by atoms with Gasteiger partial charge in [0.05, 0.1) is 17.2 Å². The Kier molecular flexibility index (Phi) is 7.65. The van der Waals surface area contributed by atoms with Gasteiger partial charge in [-0.15, -0.1) is 0 Å². The Morgan fingerprint density at radius 3 is 2.67 bits per heavy atom. The molecule has 0 bridgehead atoms. The highest BCUT2D eigenvalue weighted by Crippen LogP contribution is 2.32. The van der Waals surface area contributed by atoms with Crippen molar-refractivity contribution in [2.24, 2.45) is 5.92 Å². The van der Waals surface area contributed by atoms with Crippen molar-refractivity contribution >= 4 is 23.2 Å². The van der Waals surface area contributed by atoms with Crippen LogP contribution in [0.1, 0.15) is 24.0 Å². The van der Waals surface area contributed by atoms with Gasteiger partial charge in [0.15, 0.2) is 11.5 Å². The van der Waals surface area contributed by atoms with Crippen LogP contribution in [0.4, 0.5) is 0 Å². The molecule has 0 atom stereocenters. The van der Waals surface area contributed by atoms with Crippen LogP contribution >= 0.6 is 23.2 Å². The monoisotopic (exact) mass is 408 g/mol. The number of piperidine rings is 1. The molecule has 1 aliphatic heterocycles. The smallest absolute Gasteiger partial charge is 0.166 e. The Morgan fingerprint density at radius 1 is 1.11 bits per heavy atom. The number of benzene rings is 2. The van der Waals surface area contributed by atoms with E-state index in [0.717, 1.165) is 54.7 Å². The summed E-state index contributed by atoms with van der Waals surface area (Å²) in [4.78, 5) is 0. The van der Waals surface area contributed by atoms with Gasteiger partial charge in [-0.05, 0) is 62.2 Å². The Bertz CT molecular complexity index is 749. The normalized spacial score (nSPS) is 14.9. The van der Waals surface area contributed by atoms with E-state index in [1.54, 1.807) is 13.2 Å². The fourth-order valence-electron chi connectivity index (χ4n) is 3.31. The van der Waals surface area contributed by atoms with Crippen molar-refractivity contribution in [2.75, 3.05) is 26.7 Å². The minimum atomic E-state index is 0.401. The average Bonchev–Trinajstić information content (AvgIpc) is 2.70. The van der Waals surface area contributed by atoms with Crippen LogP contribution in [-0.4, -0.2) is 26.7 Å². The van der Waals surface area contributed by atoms with Gasteiger partial charge in [-0.25, -0.2) is 0 Å². The third kappa shape index (κ3) is 5.76. The van der Waals surface area contributed by atoms with Gasteiger partial charge in [0.2, 0.25) is 0 Å². The van der Waals surface area contributed by atoms with Crippen molar-refractivity contribution in [1.29, 1.82) is 0 Å². The first kappa shape index (κ1) is 20.3. The van der Waals surface area contributed by atoms with Crippen molar-refractivity contribution in [3.8, 4) is 11.5 Å². The molecular weight excluding hydrogens is 383 g/mol. The first-order valence-corrected chi connectivity index (χ1v) is 10.1. The van der Waals surface area contributed by atoms with E-state index in [-0.39, 0.29) is 0 Å². The zero-order valence-corrected chi connectivity index (χ0v) is 17.1. The van der Waals surface area contributed by atoms with E-state index < -0.39 is 0 Å². The molecular formula is C21H26Cl2N2O2. The number of hydrogen-bond donors (Lipinski definition) is 2. The molecule has 4 nitrogen and oxygen atoms in total. The molecule has 1 heterocycles. The molecule has 0 aromatic heterocycles. The highest BCUT2D eigenvalue weighted by atomic mass is 35.5. The highest BCUT2D eigenvalue weighted by Gasteiger charge is 2.14. The Hall–Kier alpha value is -1.46. The number of ether oxygens (including phenoxy) is 2. The first-order valence-electron chi connectivity index (χ1n) is 9.31. The summed E-state index contributed by atoms with van der Waals surface area (Å²) in [6.07, 6.45) is 2.46. The molecule has 146 valence electrons. The molecule has 1 saturated heterocycles. The molecule has 2 aromatic rings. The van der Waals surface area contributed by atoms with Crippen LogP contribution in [0.15, 0.2) is 36.4 Å². The first-order chi connectivity index (χ1) is 13.2. The van der Waals surface area contributed by atoms with Gasteiger partial charge in [-0.1, -0.05) is 41.4 Å². The summed E-state index contributed by atoms with van der Waals surface area (Å²) >= 11 is 12.1. The van der Waals surface area contributed by atoms with Crippen LogP contribution in [-0.2, 0) is 13.2 Å². The Balaban J connectivity index is 1.64. The van der Waals surface area contributed by atoms with Crippen LogP contribution in [0.3, 0.4) is 0 Å². The molecule has 0 radical (unpaired) electrons. The number of methoxy groups -OCH3 is 1. The lowest BCUT2D eigenvalue weighted by atomic mass is 9.98. The van der Waals surface area contributed by atoms with Crippen molar-refractivity contribution in [2.45, 2.75) is 26.0 Å². The van der Waals surface area contributed by atoms with Crippen molar-refractivity contribution in [1.82, 2.24) is 10.6 Å². The van der Waals surface area contributed by atoms with Crippen molar-refractivity contribution in [3.63, 3.8) is 0 Å². The van der Waals surface area contributed by atoms with E-state index in [2.05, 4.69) is 16.7 Å². The van der Waals surface area contributed by atoms with Gasteiger partial charge in [0.25, 0.3) is 0 Å².